The molecule has 0 amide bonds. The molecule has 0 heterocycles. The van der Waals surface area contributed by atoms with Crippen LogP contribution in [0.5, 0.6) is 0 Å². The zero-order valence-electron chi connectivity index (χ0n) is 5.98. The normalized spacial score (nSPS) is 16.9. The van der Waals surface area contributed by atoms with Crippen molar-refractivity contribution in [2.45, 2.75) is 25.8 Å². The van der Waals surface area contributed by atoms with Crippen LogP contribution < -0.4 is 11.5 Å². The number of hydrogen-bond acceptors (Lipinski definition) is 3. The van der Waals surface area contributed by atoms with Crippen LogP contribution in [0.25, 0.3) is 0 Å². The van der Waals surface area contributed by atoms with Gasteiger partial charge in [-0.2, -0.15) is 0 Å². The van der Waals surface area contributed by atoms with Gasteiger partial charge in [0.15, 0.2) is 5.78 Å². The van der Waals surface area contributed by atoms with Gasteiger partial charge in [-0.05, 0) is 13.3 Å². The van der Waals surface area contributed by atoms with E-state index in [1.807, 2.05) is 6.92 Å². The minimum absolute atomic E-state index is 0.0425. The second kappa shape index (κ2) is 2.94. The quantitative estimate of drug-likeness (QED) is 0.548. The zero-order chi connectivity index (χ0) is 7.49. The molecule has 1 atom stereocenters. The first-order valence-corrected chi connectivity index (χ1v) is 3.07. The Hall–Kier alpha value is -0.410. The van der Waals surface area contributed by atoms with Crippen molar-refractivity contribution in [3.8, 4) is 0 Å². The van der Waals surface area contributed by atoms with Crippen LogP contribution in [0.15, 0.2) is 0 Å². The Morgan fingerprint density at radius 1 is 1.67 bits per heavy atom. The fourth-order valence-corrected chi connectivity index (χ4v) is 0.430. The molecule has 54 valence electrons. The molecule has 0 rings (SSSR count). The molecule has 9 heavy (non-hydrogen) atoms. The lowest BCUT2D eigenvalue weighted by molar-refractivity contribution is -0.122. The molecule has 0 spiro atoms. The highest BCUT2D eigenvalue weighted by Crippen LogP contribution is 2.04. The van der Waals surface area contributed by atoms with Crippen molar-refractivity contribution in [1.29, 1.82) is 0 Å². The summed E-state index contributed by atoms with van der Waals surface area (Å²) in [6, 6.07) is 0. The molecule has 0 aliphatic rings. The summed E-state index contributed by atoms with van der Waals surface area (Å²) in [6.07, 6.45) is 0.642. The Labute approximate surface area is 55.4 Å². The average Bonchev–Trinajstić information content (AvgIpc) is 1.86. The largest absolute Gasteiger partial charge is 0.324 e. The Kier molecular flexibility index (Phi) is 2.81. The summed E-state index contributed by atoms with van der Waals surface area (Å²) in [5.74, 6) is -0.0787. The highest BCUT2D eigenvalue weighted by atomic mass is 16.1. The molecule has 0 aromatic heterocycles. The Morgan fingerprint density at radius 2 is 2.11 bits per heavy atom. The highest BCUT2D eigenvalue weighted by Gasteiger charge is 2.23. The van der Waals surface area contributed by atoms with Crippen LogP contribution in [0.4, 0.5) is 0 Å². The first-order chi connectivity index (χ1) is 4.04. The van der Waals surface area contributed by atoms with Crippen molar-refractivity contribution < 1.29 is 4.79 Å². The third kappa shape index (κ3) is 2.11. The van der Waals surface area contributed by atoms with Gasteiger partial charge in [0, 0.05) is 0 Å². The van der Waals surface area contributed by atoms with E-state index in [1.54, 1.807) is 6.92 Å². The van der Waals surface area contributed by atoms with Crippen molar-refractivity contribution in [3.63, 3.8) is 0 Å². The van der Waals surface area contributed by atoms with Gasteiger partial charge in [-0.25, -0.2) is 0 Å². The Morgan fingerprint density at radius 3 is 2.22 bits per heavy atom. The van der Waals surface area contributed by atoms with E-state index in [1.165, 1.54) is 0 Å². The summed E-state index contributed by atoms with van der Waals surface area (Å²) in [6.45, 7) is 3.61. The third-order valence-electron chi connectivity index (χ3n) is 1.56. The summed E-state index contributed by atoms with van der Waals surface area (Å²) in [5.41, 5.74) is 9.93. The van der Waals surface area contributed by atoms with E-state index in [2.05, 4.69) is 0 Å². The van der Waals surface area contributed by atoms with Gasteiger partial charge in [0.1, 0.15) is 0 Å². The number of carbonyl (C=O) groups excluding carboxylic acids is 1. The van der Waals surface area contributed by atoms with Crippen molar-refractivity contribution in [2.75, 3.05) is 6.54 Å². The van der Waals surface area contributed by atoms with Crippen LogP contribution in [-0.2, 0) is 4.79 Å². The molecule has 0 aromatic carbocycles. The summed E-state index contributed by atoms with van der Waals surface area (Å²) in [7, 11) is 0. The number of carbonyl (C=O) groups is 1. The molecule has 0 aliphatic heterocycles. The first kappa shape index (κ1) is 8.59. The molecule has 0 fully saturated rings. The molecule has 0 saturated heterocycles. The van der Waals surface area contributed by atoms with Gasteiger partial charge < -0.3 is 11.5 Å². The molecule has 0 saturated carbocycles. The number of nitrogens with two attached hydrogens (primary N) is 2. The van der Waals surface area contributed by atoms with Gasteiger partial charge in [0.2, 0.25) is 0 Å². The average molecular weight is 130 g/mol. The summed E-state index contributed by atoms with van der Waals surface area (Å²) in [5, 5.41) is 0. The maximum atomic E-state index is 10.8. The molecule has 4 N–H and O–H groups in total. The summed E-state index contributed by atoms with van der Waals surface area (Å²) < 4.78 is 0. The second-order valence-corrected chi connectivity index (χ2v) is 2.40. The van der Waals surface area contributed by atoms with Gasteiger partial charge in [-0.15, -0.1) is 0 Å². The van der Waals surface area contributed by atoms with Crippen molar-refractivity contribution in [3.05, 3.63) is 0 Å². The molecule has 0 bridgehead atoms. The number of rotatable bonds is 3. The molecular formula is C6H14N2O. The highest BCUT2D eigenvalue weighted by molar-refractivity contribution is 5.89. The molecule has 0 radical (unpaired) electrons. The van der Waals surface area contributed by atoms with Crippen molar-refractivity contribution >= 4 is 5.78 Å². The number of hydrogen-bond donors (Lipinski definition) is 2. The van der Waals surface area contributed by atoms with E-state index in [9.17, 15) is 4.79 Å². The van der Waals surface area contributed by atoms with Crippen molar-refractivity contribution in [1.82, 2.24) is 0 Å². The van der Waals surface area contributed by atoms with E-state index in [0.717, 1.165) is 0 Å². The maximum absolute atomic E-state index is 10.8. The van der Waals surface area contributed by atoms with Gasteiger partial charge in [-0.3, -0.25) is 4.79 Å². The zero-order valence-corrected chi connectivity index (χ0v) is 5.98. The monoisotopic (exact) mass is 130 g/mol. The fraction of sp³-hybridized carbons (Fsp3) is 0.833. The lowest BCUT2D eigenvalue weighted by Gasteiger charge is -2.19. The smallest absolute Gasteiger partial charge is 0.165 e. The molecule has 0 aromatic rings. The van der Waals surface area contributed by atoms with Crippen LogP contribution >= 0.6 is 0 Å². The minimum Gasteiger partial charge on any atom is -0.324 e. The lowest BCUT2D eigenvalue weighted by atomic mass is 9.95. The van der Waals surface area contributed by atoms with Crippen LogP contribution in [-0.4, -0.2) is 17.9 Å². The van der Waals surface area contributed by atoms with Gasteiger partial charge >= 0.3 is 0 Å². The number of Topliss-reactive ketones (excluding diaryl/α,β-unsaturated/α-hetero) is 1. The predicted octanol–water partition coefficient (Wildman–Crippen LogP) is -0.358. The van der Waals surface area contributed by atoms with Gasteiger partial charge in [0.25, 0.3) is 0 Å². The van der Waals surface area contributed by atoms with Crippen LogP contribution in [0.2, 0.25) is 0 Å². The first-order valence-electron chi connectivity index (χ1n) is 3.07. The van der Waals surface area contributed by atoms with Crippen molar-refractivity contribution in [2.24, 2.45) is 11.5 Å². The predicted molar refractivity (Wildman–Crippen MR) is 36.9 cm³/mol. The second-order valence-electron chi connectivity index (χ2n) is 2.40. The molecule has 3 heteroatoms. The maximum Gasteiger partial charge on any atom is 0.165 e. The summed E-state index contributed by atoms with van der Waals surface area (Å²) >= 11 is 0. The molecule has 3 nitrogen and oxygen atoms in total. The fourth-order valence-electron chi connectivity index (χ4n) is 0.430. The SMILES string of the molecule is CCC(C)(N)C(=O)CN. The van der Waals surface area contributed by atoms with E-state index in [0.29, 0.717) is 6.42 Å². The number of ketones is 1. The van der Waals surface area contributed by atoms with E-state index in [-0.39, 0.29) is 12.3 Å². The standard InChI is InChI=1S/C6H14N2O/c1-3-6(2,8)5(9)4-7/h3-4,7-8H2,1-2H3. The molecular weight excluding hydrogens is 116 g/mol. The molecule has 1 unspecified atom stereocenters. The lowest BCUT2D eigenvalue weighted by Crippen LogP contribution is -2.47. The van der Waals surface area contributed by atoms with E-state index < -0.39 is 5.54 Å². The topological polar surface area (TPSA) is 69.1 Å². The van der Waals surface area contributed by atoms with Gasteiger partial charge in [-0.1, -0.05) is 6.92 Å². The van der Waals surface area contributed by atoms with Crippen LogP contribution in [0.3, 0.4) is 0 Å². The van der Waals surface area contributed by atoms with E-state index >= 15 is 0 Å². The van der Waals surface area contributed by atoms with Crippen LogP contribution in [0.1, 0.15) is 20.3 Å². The van der Waals surface area contributed by atoms with E-state index in [4.69, 9.17) is 11.5 Å². The van der Waals surface area contributed by atoms with Crippen LogP contribution in [0, 0.1) is 0 Å². The third-order valence-corrected chi connectivity index (χ3v) is 1.56. The molecule has 0 aliphatic carbocycles. The minimum atomic E-state index is -0.714. The van der Waals surface area contributed by atoms with Gasteiger partial charge in [0.05, 0.1) is 12.1 Å². The Bertz CT molecular complexity index is 110. The Balaban J connectivity index is 3.97. The summed E-state index contributed by atoms with van der Waals surface area (Å²) in [4.78, 5) is 10.8.